The molecule has 0 heterocycles. The van der Waals surface area contributed by atoms with E-state index in [4.69, 9.17) is 9.47 Å². The lowest BCUT2D eigenvalue weighted by Crippen LogP contribution is -2.45. The highest BCUT2D eigenvalue weighted by molar-refractivity contribution is 14.1. The van der Waals surface area contributed by atoms with Crippen molar-refractivity contribution in [2.75, 3.05) is 14.2 Å². The van der Waals surface area contributed by atoms with E-state index in [-0.39, 0.29) is 11.7 Å². The van der Waals surface area contributed by atoms with Gasteiger partial charge in [0.25, 0.3) is 0 Å². The predicted molar refractivity (Wildman–Crippen MR) is 109 cm³/mol. The smallest absolute Gasteiger partial charge is 0.337 e. The van der Waals surface area contributed by atoms with Crippen molar-refractivity contribution >= 4 is 51.4 Å². The van der Waals surface area contributed by atoms with Crippen molar-refractivity contribution in [3.8, 4) is 17.2 Å². The van der Waals surface area contributed by atoms with Crippen molar-refractivity contribution in [3.63, 3.8) is 0 Å². The summed E-state index contributed by atoms with van der Waals surface area (Å²) in [6, 6.07) is 14.1. The topological polar surface area (TPSA) is 59.0 Å². The van der Waals surface area contributed by atoms with Crippen LogP contribution < -0.4 is 4.74 Å². The summed E-state index contributed by atoms with van der Waals surface area (Å²) in [6.45, 7) is 0. The summed E-state index contributed by atoms with van der Waals surface area (Å²) in [7, 11) is 3.23. The molecule has 0 spiro atoms. The first-order valence-corrected chi connectivity index (χ1v) is 9.12. The molecule has 0 unspecified atom stereocenters. The maximum atomic E-state index is 12.1. The van der Waals surface area contributed by atoms with Crippen molar-refractivity contribution in [3.05, 3.63) is 54.1 Å². The molecule has 0 aliphatic heterocycles. The van der Waals surface area contributed by atoms with Gasteiger partial charge in [-0.05, 0) is 71.6 Å². The molecule has 5 nitrogen and oxygen atoms in total. The summed E-state index contributed by atoms with van der Waals surface area (Å²) in [5, 5.41) is 9.28. The second kappa shape index (κ2) is 8.34. The van der Waals surface area contributed by atoms with Crippen molar-refractivity contribution in [1.29, 1.82) is 0 Å². The molecule has 0 bridgehead atoms. The highest BCUT2D eigenvalue weighted by Gasteiger charge is 2.40. The first kappa shape index (κ1) is 19.3. The number of methoxy groups -OCH3 is 1. The highest BCUT2D eigenvalue weighted by Crippen LogP contribution is 2.32. The standard InChI is InChI=1S/C17H17I2NO4/c1-20(19)17(18,16(22)23-2)11-12-3-7-14(8-4-12)24-15-9-5-13(21)6-10-15/h3-10,21H,11H2,1-2H3/t17-/m0/s1. The van der Waals surface area contributed by atoms with Crippen LogP contribution in [0.2, 0.25) is 0 Å². The lowest BCUT2D eigenvalue weighted by atomic mass is 10.1. The molecule has 0 aromatic heterocycles. The molecule has 128 valence electrons. The number of nitrogens with zero attached hydrogens (tertiary/aromatic N) is 1. The second-order valence-electron chi connectivity index (χ2n) is 5.14. The Morgan fingerprint density at radius 3 is 2.08 bits per heavy atom. The van der Waals surface area contributed by atoms with Gasteiger partial charge in [-0.25, -0.2) is 7.91 Å². The van der Waals surface area contributed by atoms with E-state index in [1.54, 1.807) is 24.3 Å². The van der Waals surface area contributed by atoms with Gasteiger partial charge in [-0.1, -0.05) is 12.1 Å². The number of rotatable bonds is 6. The largest absolute Gasteiger partial charge is 0.508 e. The molecule has 2 rings (SSSR count). The van der Waals surface area contributed by atoms with Crippen LogP contribution in [0.25, 0.3) is 0 Å². The molecule has 0 fully saturated rings. The molecule has 0 radical (unpaired) electrons. The Morgan fingerprint density at radius 2 is 1.62 bits per heavy atom. The average Bonchev–Trinajstić information content (AvgIpc) is 2.57. The van der Waals surface area contributed by atoms with Gasteiger partial charge < -0.3 is 14.6 Å². The number of halogens is 2. The van der Waals surface area contributed by atoms with E-state index in [0.29, 0.717) is 17.9 Å². The number of carbonyl (C=O) groups is 1. The van der Waals surface area contributed by atoms with Gasteiger partial charge >= 0.3 is 5.97 Å². The molecule has 0 aliphatic rings. The van der Waals surface area contributed by atoms with Crippen LogP contribution in [0.15, 0.2) is 48.5 Å². The van der Waals surface area contributed by atoms with Crippen molar-refractivity contribution in [2.45, 2.75) is 9.97 Å². The molecule has 0 saturated heterocycles. The molecule has 7 heteroatoms. The lowest BCUT2D eigenvalue weighted by molar-refractivity contribution is -0.145. The molecule has 2 aromatic carbocycles. The van der Waals surface area contributed by atoms with Gasteiger partial charge in [-0.3, -0.25) is 0 Å². The van der Waals surface area contributed by atoms with Crippen LogP contribution in [0.5, 0.6) is 17.2 Å². The Morgan fingerprint density at radius 1 is 1.12 bits per heavy atom. The third-order valence-electron chi connectivity index (χ3n) is 3.42. The number of alkyl halides is 1. The summed E-state index contributed by atoms with van der Waals surface area (Å²) >= 11 is 4.20. The first-order valence-electron chi connectivity index (χ1n) is 7.08. The van der Waals surface area contributed by atoms with Gasteiger partial charge in [0, 0.05) is 29.3 Å². The van der Waals surface area contributed by atoms with Crippen LogP contribution in [0.1, 0.15) is 5.56 Å². The summed E-state index contributed by atoms with van der Waals surface area (Å²) in [5.74, 6) is 1.24. The lowest BCUT2D eigenvalue weighted by Gasteiger charge is -2.29. The fraction of sp³-hybridized carbons (Fsp3) is 0.235. The molecular weight excluding hydrogens is 536 g/mol. The number of ether oxygens (including phenoxy) is 2. The van der Waals surface area contributed by atoms with Gasteiger partial charge in [0.2, 0.25) is 0 Å². The minimum atomic E-state index is -0.771. The average molecular weight is 553 g/mol. The van der Waals surface area contributed by atoms with Crippen molar-refractivity contribution in [2.24, 2.45) is 0 Å². The van der Waals surface area contributed by atoms with Crippen LogP contribution in [0.3, 0.4) is 0 Å². The minimum Gasteiger partial charge on any atom is -0.508 e. The molecule has 1 atom stereocenters. The number of hydrogen-bond acceptors (Lipinski definition) is 5. The zero-order valence-electron chi connectivity index (χ0n) is 13.2. The third kappa shape index (κ3) is 4.73. The number of hydrogen-bond donors (Lipinski definition) is 1. The van der Waals surface area contributed by atoms with Gasteiger partial charge in [0.05, 0.1) is 7.11 Å². The molecule has 24 heavy (non-hydrogen) atoms. The number of carbonyl (C=O) groups excluding carboxylic acids is 1. The number of likely N-dealkylation sites (N-methyl/N-ethyl adjacent to an activating group) is 1. The number of esters is 1. The molecule has 0 aliphatic carbocycles. The first-order chi connectivity index (χ1) is 11.3. The van der Waals surface area contributed by atoms with Crippen LogP contribution in [-0.4, -0.2) is 31.9 Å². The van der Waals surface area contributed by atoms with Crippen LogP contribution in [0.4, 0.5) is 0 Å². The van der Waals surface area contributed by atoms with E-state index in [9.17, 15) is 9.90 Å². The Balaban J connectivity index is 2.11. The Kier molecular flexibility index (Phi) is 6.70. The number of phenolic OH excluding ortho intramolecular Hbond substituents is 1. The SMILES string of the molecule is COC(=O)[C@](I)(Cc1ccc(Oc2ccc(O)cc2)cc1)N(C)I. The Hall–Kier alpha value is -1.07. The fourth-order valence-electron chi connectivity index (χ4n) is 2.06. The Bertz CT molecular complexity index is 689. The zero-order valence-corrected chi connectivity index (χ0v) is 17.5. The molecule has 1 N–H and O–H groups in total. The van der Waals surface area contributed by atoms with E-state index in [1.165, 1.54) is 7.11 Å². The predicted octanol–water partition coefficient (Wildman–Crippen LogP) is 4.31. The summed E-state index contributed by atoms with van der Waals surface area (Å²) in [5.41, 5.74) is 0.997. The Labute approximate surface area is 168 Å². The maximum absolute atomic E-state index is 12.1. The summed E-state index contributed by atoms with van der Waals surface area (Å²) < 4.78 is 11.7. The maximum Gasteiger partial charge on any atom is 0.337 e. The van der Waals surface area contributed by atoms with E-state index in [1.807, 2.05) is 34.4 Å². The van der Waals surface area contributed by atoms with Gasteiger partial charge in [-0.2, -0.15) is 0 Å². The van der Waals surface area contributed by atoms with Crippen LogP contribution in [0, 0.1) is 0 Å². The van der Waals surface area contributed by atoms with E-state index in [0.717, 1.165) is 5.56 Å². The molecule has 2 aromatic rings. The highest BCUT2D eigenvalue weighted by atomic mass is 127. The van der Waals surface area contributed by atoms with Crippen molar-refractivity contribution < 1.29 is 19.4 Å². The van der Waals surface area contributed by atoms with Crippen LogP contribution >= 0.6 is 45.5 Å². The number of aromatic hydroxyl groups is 1. The molecule has 0 saturated carbocycles. The fourth-order valence-corrected chi connectivity index (χ4v) is 3.09. The zero-order chi connectivity index (χ0) is 17.7. The minimum absolute atomic E-state index is 0.196. The van der Waals surface area contributed by atoms with Gasteiger partial charge in [0.15, 0.2) is 3.55 Å². The van der Waals surface area contributed by atoms with Crippen LogP contribution in [-0.2, 0) is 16.0 Å². The van der Waals surface area contributed by atoms with E-state index >= 15 is 0 Å². The number of benzene rings is 2. The van der Waals surface area contributed by atoms with Crippen molar-refractivity contribution in [1.82, 2.24) is 3.11 Å². The van der Waals surface area contributed by atoms with E-state index in [2.05, 4.69) is 45.5 Å². The van der Waals surface area contributed by atoms with Gasteiger partial charge in [-0.15, -0.1) is 0 Å². The summed E-state index contributed by atoms with van der Waals surface area (Å²) in [6.07, 6.45) is 0.513. The monoisotopic (exact) mass is 553 g/mol. The third-order valence-corrected chi connectivity index (χ3v) is 6.71. The number of phenols is 1. The normalized spacial score (nSPS) is 13.4. The second-order valence-corrected chi connectivity index (χ2v) is 8.38. The molecular formula is C17H17I2NO4. The summed E-state index contributed by atoms with van der Waals surface area (Å²) in [4.78, 5) is 12.1. The molecule has 0 amide bonds. The van der Waals surface area contributed by atoms with E-state index < -0.39 is 3.55 Å². The quantitative estimate of drug-likeness (QED) is 0.190. The van der Waals surface area contributed by atoms with Gasteiger partial charge in [0.1, 0.15) is 17.2 Å².